The first-order chi connectivity index (χ1) is 8.45. The summed E-state index contributed by atoms with van der Waals surface area (Å²) in [6.07, 6.45) is 1.33. The second-order valence-electron chi connectivity index (χ2n) is 4.83. The largest absolute Gasteiger partial charge is 0.396 e. The highest BCUT2D eigenvalue weighted by molar-refractivity contribution is 5.93. The molecule has 0 radical (unpaired) electrons. The minimum Gasteiger partial charge on any atom is -0.396 e. The first-order valence-corrected chi connectivity index (χ1v) is 6.43. The van der Waals surface area contributed by atoms with E-state index in [9.17, 15) is 4.79 Å². The van der Waals surface area contributed by atoms with E-state index in [1.54, 1.807) is 10.7 Å². The first-order valence-electron chi connectivity index (χ1n) is 6.43. The minimum atomic E-state index is -0.372. The van der Waals surface area contributed by atoms with Gasteiger partial charge in [0.1, 0.15) is 5.69 Å². The Bertz CT molecular complexity index is 414. The zero-order valence-electron chi connectivity index (χ0n) is 11.7. The fourth-order valence-electron chi connectivity index (χ4n) is 1.88. The van der Waals surface area contributed by atoms with Crippen LogP contribution in [-0.4, -0.2) is 32.9 Å². The van der Waals surface area contributed by atoms with Crippen molar-refractivity contribution in [2.24, 2.45) is 0 Å². The summed E-state index contributed by atoms with van der Waals surface area (Å²) in [5.41, 5.74) is 1.04. The molecule has 1 amide bonds. The van der Waals surface area contributed by atoms with Gasteiger partial charge < -0.3 is 10.4 Å². The second kappa shape index (κ2) is 6.00. The molecule has 0 aliphatic carbocycles. The van der Waals surface area contributed by atoms with Gasteiger partial charge in [0.25, 0.3) is 5.91 Å². The van der Waals surface area contributed by atoms with Gasteiger partial charge in [0.15, 0.2) is 0 Å². The number of aliphatic hydroxyl groups is 1. The van der Waals surface area contributed by atoms with E-state index in [4.69, 9.17) is 5.11 Å². The van der Waals surface area contributed by atoms with Crippen LogP contribution in [0.15, 0.2) is 6.07 Å². The molecule has 0 aromatic carbocycles. The van der Waals surface area contributed by atoms with Gasteiger partial charge in [-0.3, -0.25) is 9.48 Å². The van der Waals surface area contributed by atoms with Crippen LogP contribution in [0.25, 0.3) is 0 Å². The van der Waals surface area contributed by atoms with E-state index in [-0.39, 0.29) is 18.1 Å². The molecule has 0 bridgehead atoms. The van der Waals surface area contributed by atoms with Crippen LogP contribution in [0.5, 0.6) is 0 Å². The summed E-state index contributed by atoms with van der Waals surface area (Å²) < 4.78 is 1.69. The number of aromatic nitrogens is 2. The van der Waals surface area contributed by atoms with Crippen LogP contribution in [0.4, 0.5) is 0 Å². The van der Waals surface area contributed by atoms with E-state index >= 15 is 0 Å². The lowest BCUT2D eigenvalue weighted by Crippen LogP contribution is -2.46. The van der Waals surface area contributed by atoms with Gasteiger partial charge in [0.05, 0.1) is 5.69 Å². The van der Waals surface area contributed by atoms with Crippen LogP contribution in [0.2, 0.25) is 0 Å². The predicted molar refractivity (Wildman–Crippen MR) is 70.5 cm³/mol. The van der Waals surface area contributed by atoms with Crippen molar-refractivity contribution in [1.29, 1.82) is 0 Å². The third kappa shape index (κ3) is 3.32. The number of nitrogens with zero attached hydrogens (tertiary/aromatic N) is 2. The lowest BCUT2D eigenvalue weighted by Gasteiger charge is -2.29. The molecule has 0 saturated heterocycles. The molecule has 1 unspecified atom stereocenters. The average Bonchev–Trinajstić information content (AvgIpc) is 2.71. The van der Waals surface area contributed by atoms with Gasteiger partial charge in [-0.15, -0.1) is 0 Å². The Morgan fingerprint density at radius 3 is 2.72 bits per heavy atom. The fraction of sp³-hybridized carbons (Fsp3) is 0.692. The Hall–Kier alpha value is -1.36. The van der Waals surface area contributed by atoms with E-state index in [0.717, 1.165) is 12.1 Å². The lowest BCUT2D eigenvalue weighted by molar-refractivity contribution is 0.0875. The molecule has 2 N–H and O–H groups in total. The van der Waals surface area contributed by atoms with Crippen molar-refractivity contribution in [2.75, 3.05) is 6.61 Å². The second-order valence-corrected chi connectivity index (χ2v) is 4.83. The summed E-state index contributed by atoms with van der Waals surface area (Å²) in [4.78, 5) is 12.2. The first kappa shape index (κ1) is 14.7. The van der Waals surface area contributed by atoms with Gasteiger partial charge in [-0.05, 0) is 39.7 Å². The lowest BCUT2D eigenvalue weighted by atomic mass is 9.94. The molecule has 5 heteroatoms. The topological polar surface area (TPSA) is 67.2 Å². The highest BCUT2D eigenvalue weighted by Gasteiger charge is 2.25. The highest BCUT2D eigenvalue weighted by atomic mass is 16.3. The number of carbonyl (C=O) groups excluding carboxylic acids is 1. The molecule has 1 aromatic rings. The predicted octanol–water partition coefficient (Wildman–Crippen LogP) is 1.49. The Kier molecular flexibility index (Phi) is 4.90. The summed E-state index contributed by atoms with van der Waals surface area (Å²) >= 11 is 0. The number of nitrogens with one attached hydrogen (secondary N) is 1. The monoisotopic (exact) mass is 253 g/mol. The summed E-state index contributed by atoms with van der Waals surface area (Å²) in [5.74, 6) is -0.129. The summed E-state index contributed by atoms with van der Waals surface area (Å²) in [7, 11) is 0. The smallest absolute Gasteiger partial charge is 0.269 e. The molecule has 0 aliphatic heterocycles. The molecule has 5 nitrogen and oxygen atoms in total. The van der Waals surface area contributed by atoms with Gasteiger partial charge in [0, 0.05) is 18.7 Å². The zero-order chi connectivity index (χ0) is 13.8. The van der Waals surface area contributed by atoms with Crippen LogP contribution in [0, 0.1) is 6.92 Å². The Morgan fingerprint density at radius 2 is 2.22 bits per heavy atom. The third-order valence-electron chi connectivity index (χ3n) is 3.29. The van der Waals surface area contributed by atoms with Gasteiger partial charge in [-0.25, -0.2) is 0 Å². The number of aliphatic hydroxyl groups excluding tert-OH is 1. The van der Waals surface area contributed by atoms with Crippen LogP contribution < -0.4 is 5.32 Å². The van der Waals surface area contributed by atoms with Gasteiger partial charge in [-0.2, -0.15) is 5.10 Å². The molecule has 1 atom stereocenters. The van der Waals surface area contributed by atoms with Gasteiger partial charge in [-0.1, -0.05) is 6.92 Å². The Balaban J connectivity index is 2.87. The Labute approximate surface area is 108 Å². The van der Waals surface area contributed by atoms with E-state index in [1.807, 2.05) is 27.7 Å². The molecule has 1 heterocycles. The van der Waals surface area contributed by atoms with Crippen molar-refractivity contribution in [2.45, 2.75) is 52.6 Å². The summed E-state index contributed by atoms with van der Waals surface area (Å²) in [6, 6.07) is 1.79. The maximum Gasteiger partial charge on any atom is 0.269 e. The molecule has 102 valence electrons. The SMILES string of the molecule is CCn1nc(C)cc1C(=O)NC(C)(CC)CCO. The van der Waals surface area contributed by atoms with Crippen molar-refractivity contribution >= 4 is 5.91 Å². The van der Waals surface area contributed by atoms with Crippen LogP contribution in [0.1, 0.15) is 49.8 Å². The molecular formula is C13H23N3O2. The van der Waals surface area contributed by atoms with Crippen LogP contribution >= 0.6 is 0 Å². The number of aryl methyl sites for hydroxylation is 2. The number of amides is 1. The fourth-order valence-corrected chi connectivity index (χ4v) is 1.88. The van der Waals surface area contributed by atoms with Crippen molar-refractivity contribution in [3.8, 4) is 0 Å². The number of hydrogen-bond donors (Lipinski definition) is 2. The minimum absolute atomic E-state index is 0.0662. The summed E-state index contributed by atoms with van der Waals surface area (Å²) in [6.45, 7) is 8.50. The molecule has 18 heavy (non-hydrogen) atoms. The zero-order valence-corrected chi connectivity index (χ0v) is 11.7. The molecule has 0 fully saturated rings. The molecule has 0 aliphatic rings. The van der Waals surface area contributed by atoms with Gasteiger partial charge in [0.2, 0.25) is 0 Å². The number of rotatable bonds is 6. The molecular weight excluding hydrogens is 230 g/mol. The molecule has 0 spiro atoms. The van der Waals surface area contributed by atoms with Crippen molar-refractivity contribution in [3.05, 3.63) is 17.5 Å². The van der Waals surface area contributed by atoms with E-state index < -0.39 is 0 Å². The van der Waals surface area contributed by atoms with Gasteiger partial charge >= 0.3 is 0 Å². The van der Waals surface area contributed by atoms with E-state index in [0.29, 0.717) is 18.7 Å². The number of hydrogen-bond acceptors (Lipinski definition) is 3. The van der Waals surface area contributed by atoms with E-state index in [2.05, 4.69) is 10.4 Å². The maximum atomic E-state index is 12.2. The van der Waals surface area contributed by atoms with Crippen LogP contribution in [0.3, 0.4) is 0 Å². The molecule has 1 aromatic heterocycles. The molecule has 1 rings (SSSR count). The standard InChI is InChI=1S/C13H23N3O2/c1-5-13(4,7-8-17)14-12(18)11-9-10(3)15-16(11)6-2/h9,17H,5-8H2,1-4H3,(H,14,18). The maximum absolute atomic E-state index is 12.2. The van der Waals surface area contributed by atoms with Crippen molar-refractivity contribution < 1.29 is 9.90 Å². The average molecular weight is 253 g/mol. The van der Waals surface area contributed by atoms with Crippen molar-refractivity contribution in [1.82, 2.24) is 15.1 Å². The molecule has 0 saturated carbocycles. The highest BCUT2D eigenvalue weighted by Crippen LogP contribution is 2.15. The van der Waals surface area contributed by atoms with E-state index in [1.165, 1.54) is 0 Å². The third-order valence-corrected chi connectivity index (χ3v) is 3.29. The number of carbonyl (C=O) groups is 1. The quantitative estimate of drug-likeness (QED) is 0.807. The van der Waals surface area contributed by atoms with Crippen LogP contribution in [-0.2, 0) is 6.54 Å². The summed E-state index contributed by atoms with van der Waals surface area (Å²) in [5, 5.41) is 16.3. The Morgan fingerprint density at radius 1 is 1.56 bits per heavy atom. The normalized spacial score (nSPS) is 14.3. The van der Waals surface area contributed by atoms with Crippen molar-refractivity contribution in [3.63, 3.8) is 0 Å².